The number of likely N-dealkylation sites (tertiary alicyclic amines) is 1. The molecule has 19 heavy (non-hydrogen) atoms. The fraction of sp³-hybridized carbons (Fsp3) is 0.429. The molecular weight excluding hydrogens is 310 g/mol. The Morgan fingerprint density at radius 2 is 2.05 bits per heavy atom. The highest BCUT2D eigenvalue weighted by Gasteiger charge is 2.32. The molecule has 0 radical (unpaired) electrons. The van der Waals surface area contributed by atoms with Gasteiger partial charge < -0.3 is 10.0 Å². The largest absolute Gasteiger partial charge is 0.480 e. The smallest absolute Gasteiger partial charge is 0.326 e. The van der Waals surface area contributed by atoms with Gasteiger partial charge in [0.25, 0.3) is 5.91 Å². The first-order valence-electron chi connectivity index (χ1n) is 6.30. The summed E-state index contributed by atoms with van der Waals surface area (Å²) in [6.45, 7) is 2.42. The second kappa shape index (κ2) is 5.74. The van der Waals surface area contributed by atoms with Crippen molar-refractivity contribution in [3.8, 4) is 0 Å². The molecular formula is C14H16BrNO3. The Morgan fingerprint density at radius 3 is 2.68 bits per heavy atom. The van der Waals surface area contributed by atoms with E-state index < -0.39 is 12.0 Å². The first-order valence-corrected chi connectivity index (χ1v) is 7.09. The van der Waals surface area contributed by atoms with Crippen molar-refractivity contribution in [2.24, 2.45) is 0 Å². The molecule has 1 N–H and O–H groups in total. The Labute approximate surface area is 120 Å². The van der Waals surface area contributed by atoms with Crippen LogP contribution < -0.4 is 0 Å². The maximum absolute atomic E-state index is 12.5. The molecule has 4 nitrogen and oxygen atoms in total. The second-order valence-corrected chi connectivity index (χ2v) is 5.78. The molecule has 1 saturated heterocycles. The van der Waals surface area contributed by atoms with Gasteiger partial charge >= 0.3 is 5.97 Å². The van der Waals surface area contributed by atoms with Crippen LogP contribution in [0.4, 0.5) is 0 Å². The lowest BCUT2D eigenvalue weighted by molar-refractivity contribution is -0.143. The quantitative estimate of drug-likeness (QED) is 0.909. The SMILES string of the molecule is Cc1cc(Br)cc(C(=O)N2CCCC[C@@H]2C(=O)O)c1. The minimum atomic E-state index is -0.917. The molecule has 1 heterocycles. The first kappa shape index (κ1) is 14.1. The molecule has 0 aromatic heterocycles. The molecule has 1 fully saturated rings. The van der Waals surface area contributed by atoms with Crippen molar-refractivity contribution in [2.75, 3.05) is 6.54 Å². The van der Waals surface area contributed by atoms with Crippen LogP contribution in [0.1, 0.15) is 35.2 Å². The number of hydrogen-bond acceptors (Lipinski definition) is 2. The highest BCUT2D eigenvalue weighted by molar-refractivity contribution is 9.10. The van der Waals surface area contributed by atoms with Crippen LogP contribution in [0.3, 0.4) is 0 Å². The molecule has 1 aromatic rings. The number of carbonyl (C=O) groups is 2. The standard InChI is InChI=1S/C14H16BrNO3/c1-9-6-10(8-11(15)7-9)13(17)16-5-3-2-4-12(16)14(18)19/h6-8,12H,2-5H2,1H3,(H,18,19)/t12-/m1/s1. The number of amides is 1. The molecule has 102 valence electrons. The molecule has 1 atom stereocenters. The lowest BCUT2D eigenvalue weighted by atomic mass is 10.0. The van der Waals surface area contributed by atoms with Crippen molar-refractivity contribution < 1.29 is 14.7 Å². The van der Waals surface area contributed by atoms with E-state index in [9.17, 15) is 14.7 Å². The Hall–Kier alpha value is -1.36. The Kier molecular flexibility index (Phi) is 4.24. The Morgan fingerprint density at radius 1 is 1.32 bits per heavy atom. The van der Waals surface area contributed by atoms with Gasteiger partial charge in [0.1, 0.15) is 6.04 Å². The van der Waals surface area contributed by atoms with Crippen LogP contribution >= 0.6 is 15.9 Å². The summed E-state index contributed by atoms with van der Waals surface area (Å²) in [5, 5.41) is 9.21. The summed E-state index contributed by atoms with van der Waals surface area (Å²) in [7, 11) is 0. The van der Waals surface area contributed by atoms with Crippen molar-refractivity contribution >= 4 is 27.8 Å². The van der Waals surface area contributed by atoms with E-state index in [1.54, 1.807) is 12.1 Å². The third kappa shape index (κ3) is 3.15. The molecule has 1 aliphatic rings. The number of carboxylic acids is 1. The molecule has 1 aromatic carbocycles. The number of nitrogens with zero attached hydrogens (tertiary/aromatic N) is 1. The van der Waals surface area contributed by atoms with Gasteiger partial charge in [-0.15, -0.1) is 0 Å². The zero-order valence-electron chi connectivity index (χ0n) is 10.7. The number of rotatable bonds is 2. The summed E-state index contributed by atoms with van der Waals surface area (Å²) in [6, 6.07) is 4.76. The molecule has 0 unspecified atom stereocenters. The van der Waals surface area contributed by atoms with E-state index in [1.807, 2.05) is 13.0 Å². The Bertz CT molecular complexity index is 495. The number of benzene rings is 1. The maximum Gasteiger partial charge on any atom is 0.326 e. The number of aliphatic carboxylic acids is 1. The van der Waals surface area contributed by atoms with E-state index in [1.165, 1.54) is 4.90 Å². The van der Waals surface area contributed by atoms with Crippen molar-refractivity contribution in [3.05, 3.63) is 33.8 Å². The van der Waals surface area contributed by atoms with Crippen LogP contribution in [0, 0.1) is 6.92 Å². The van der Waals surface area contributed by atoms with E-state index >= 15 is 0 Å². The molecule has 0 aliphatic carbocycles. The van der Waals surface area contributed by atoms with Crippen LogP contribution in [0.5, 0.6) is 0 Å². The lowest BCUT2D eigenvalue weighted by Crippen LogP contribution is -2.48. The van der Waals surface area contributed by atoms with E-state index in [4.69, 9.17) is 0 Å². The average Bonchev–Trinajstić information content (AvgIpc) is 2.36. The van der Waals surface area contributed by atoms with Gasteiger partial charge in [-0.1, -0.05) is 15.9 Å². The third-order valence-electron chi connectivity index (χ3n) is 3.34. The zero-order valence-corrected chi connectivity index (χ0v) is 12.3. The highest BCUT2D eigenvalue weighted by Crippen LogP contribution is 2.22. The van der Waals surface area contributed by atoms with Gasteiger partial charge in [-0.05, 0) is 49.9 Å². The normalized spacial score (nSPS) is 19.3. The van der Waals surface area contributed by atoms with Crippen molar-refractivity contribution in [1.29, 1.82) is 0 Å². The number of carboxylic acid groups (broad SMARTS) is 1. The van der Waals surface area contributed by atoms with Crippen molar-refractivity contribution in [3.63, 3.8) is 0 Å². The predicted octanol–water partition coefficient (Wildman–Crippen LogP) is 2.84. The molecule has 5 heteroatoms. The van der Waals surface area contributed by atoms with Crippen LogP contribution in [0.2, 0.25) is 0 Å². The van der Waals surface area contributed by atoms with E-state index in [2.05, 4.69) is 15.9 Å². The predicted molar refractivity (Wildman–Crippen MR) is 75.2 cm³/mol. The van der Waals surface area contributed by atoms with Crippen molar-refractivity contribution in [2.45, 2.75) is 32.2 Å². The first-order chi connectivity index (χ1) is 8.99. The minimum Gasteiger partial charge on any atom is -0.480 e. The zero-order chi connectivity index (χ0) is 14.0. The minimum absolute atomic E-state index is 0.198. The number of hydrogen-bond donors (Lipinski definition) is 1. The van der Waals surface area contributed by atoms with Gasteiger partial charge in [-0.25, -0.2) is 4.79 Å². The number of aryl methyl sites for hydroxylation is 1. The van der Waals surface area contributed by atoms with Crippen LogP contribution in [-0.4, -0.2) is 34.5 Å². The van der Waals surface area contributed by atoms with Gasteiger partial charge in [-0.2, -0.15) is 0 Å². The third-order valence-corrected chi connectivity index (χ3v) is 3.80. The summed E-state index contributed by atoms with van der Waals surface area (Å²) in [6.07, 6.45) is 2.26. The number of halogens is 1. The summed E-state index contributed by atoms with van der Waals surface area (Å²) < 4.78 is 0.833. The topological polar surface area (TPSA) is 57.6 Å². The molecule has 0 spiro atoms. The summed E-state index contributed by atoms with van der Waals surface area (Å²) >= 11 is 3.36. The Balaban J connectivity index is 2.28. The summed E-state index contributed by atoms with van der Waals surface area (Å²) in [5.41, 5.74) is 1.52. The molecule has 1 aliphatic heterocycles. The number of piperidine rings is 1. The van der Waals surface area contributed by atoms with Crippen molar-refractivity contribution in [1.82, 2.24) is 4.90 Å². The molecule has 2 rings (SSSR count). The average molecular weight is 326 g/mol. The van der Waals surface area contributed by atoms with Gasteiger partial charge in [0.15, 0.2) is 0 Å². The molecule has 0 saturated carbocycles. The highest BCUT2D eigenvalue weighted by atomic mass is 79.9. The second-order valence-electron chi connectivity index (χ2n) is 4.87. The van der Waals surface area contributed by atoms with Crippen LogP contribution in [-0.2, 0) is 4.79 Å². The van der Waals surface area contributed by atoms with Gasteiger partial charge in [0, 0.05) is 16.6 Å². The van der Waals surface area contributed by atoms with E-state index in [0.29, 0.717) is 18.5 Å². The van der Waals surface area contributed by atoms with Crippen LogP contribution in [0.15, 0.2) is 22.7 Å². The molecule has 0 bridgehead atoms. The van der Waals surface area contributed by atoms with E-state index in [-0.39, 0.29) is 5.91 Å². The van der Waals surface area contributed by atoms with Gasteiger partial charge in [0.05, 0.1) is 0 Å². The lowest BCUT2D eigenvalue weighted by Gasteiger charge is -2.33. The fourth-order valence-electron chi connectivity index (χ4n) is 2.46. The number of carbonyl (C=O) groups excluding carboxylic acids is 1. The fourth-order valence-corrected chi connectivity index (χ4v) is 3.06. The summed E-state index contributed by atoms with van der Waals surface area (Å²) in [5.74, 6) is -1.11. The molecule has 1 amide bonds. The van der Waals surface area contributed by atoms with Gasteiger partial charge in [-0.3, -0.25) is 4.79 Å². The maximum atomic E-state index is 12.5. The summed E-state index contributed by atoms with van der Waals surface area (Å²) in [4.78, 5) is 25.2. The van der Waals surface area contributed by atoms with Gasteiger partial charge in [0.2, 0.25) is 0 Å². The monoisotopic (exact) mass is 325 g/mol. The van der Waals surface area contributed by atoms with Crippen LogP contribution in [0.25, 0.3) is 0 Å². The van der Waals surface area contributed by atoms with E-state index in [0.717, 1.165) is 22.9 Å².